The van der Waals surface area contributed by atoms with Gasteiger partial charge in [-0.2, -0.15) is 0 Å². The first kappa shape index (κ1) is 13.6. The van der Waals surface area contributed by atoms with Gasteiger partial charge in [0.25, 0.3) is 0 Å². The Morgan fingerprint density at radius 3 is 2.95 bits per heavy atom. The highest BCUT2D eigenvalue weighted by Gasteiger charge is 2.42. The molecule has 4 rings (SSSR count). The quantitative estimate of drug-likeness (QED) is 0.810. The average Bonchev–Trinajstić information content (AvgIpc) is 3.12. The Balaban J connectivity index is 1.47. The van der Waals surface area contributed by atoms with Crippen LogP contribution in [0.2, 0.25) is 4.34 Å². The summed E-state index contributed by atoms with van der Waals surface area (Å²) in [7, 11) is 0. The fraction of sp³-hybridized carbons (Fsp3) is 0.765. The third-order valence-corrected chi connectivity index (χ3v) is 7.32. The third-order valence-electron chi connectivity index (χ3n) is 5.98. The number of fused-ring (bicyclic) bond motifs is 3. The highest BCUT2D eigenvalue weighted by Crippen LogP contribution is 2.50. The number of nitrogens with one attached hydrogen (secondary N) is 1. The Morgan fingerprint density at radius 1 is 1.30 bits per heavy atom. The molecule has 20 heavy (non-hydrogen) atoms. The molecule has 2 bridgehead atoms. The van der Waals surface area contributed by atoms with E-state index in [1.54, 1.807) is 11.3 Å². The van der Waals surface area contributed by atoms with Crippen molar-refractivity contribution in [2.75, 3.05) is 0 Å². The largest absolute Gasteiger partial charge is 0.307 e. The molecule has 2 saturated carbocycles. The minimum Gasteiger partial charge on any atom is -0.307 e. The summed E-state index contributed by atoms with van der Waals surface area (Å²) in [6.45, 7) is 2.42. The van der Waals surface area contributed by atoms with Crippen molar-refractivity contribution in [2.45, 2.75) is 64.0 Å². The van der Waals surface area contributed by atoms with Crippen LogP contribution in [0.4, 0.5) is 0 Å². The van der Waals surface area contributed by atoms with Crippen LogP contribution in [-0.2, 0) is 6.42 Å². The molecule has 1 aromatic rings. The van der Waals surface area contributed by atoms with Crippen LogP contribution in [0, 0.1) is 17.8 Å². The summed E-state index contributed by atoms with van der Waals surface area (Å²) in [4.78, 5) is 1.53. The van der Waals surface area contributed by atoms with Crippen LogP contribution in [0.25, 0.3) is 0 Å². The van der Waals surface area contributed by atoms with Gasteiger partial charge in [-0.15, -0.1) is 11.3 Å². The fourth-order valence-electron chi connectivity index (χ4n) is 5.04. The summed E-state index contributed by atoms with van der Waals surface area (Å²) in [6, 6.07) is 3.43. The SMILES string of the molecule is CC(NC1CCCc2sc(Cl)cc21)C1CC2CCC1C2. The highest BCUT2D eigenvalue weighted by molar-refractivity contribution is 7.16. The van der Waals surface area contributed by atoms with Crippen LogP contribution >= 0.6 is 22.9 Å². The minimum atomic E-state index is 0.552. The van der Waals surface area contributed by atoms with Gasteiger partial charge in [-0.1, -0.05) is 18.0 Å². The first-order valence-electron chi connectivity index (χ1n) is 8.25. The van der Waals surface area contributed by atoms with Crippen LogP contribution in [0.1, 0.15) is 61.9 Å². The maximum atomic E-state index is 6.22. The number of aryl methyl sites for hydroxylation is 1. The van der Waals surface area contributed by atoms with Gasteiger partial charge in [0, 0.05) is 17.0 Å². The molecule has 2 fully saturated rings. The van der Waals surface area contributed by atoms with Crippen LogP contribution < -0.4 is 5.32 Å². The zero-order valence-electron chi connectivity index (χ0n) is 12.2. The van der Waals surface area contributed by atoms with Gasteiger partial charge < -0.3 is 5.32 Å². The van der Waals surface area contributed by atoms with Crippen LogP contribution in [0.15, 0.2) is 6.07 Å². The van der Waals surface area contributed by atoms with Crippen molar-refractivity contribution < 1.29 is 0 Å². The molecule has 1 nitrogen and oxygen atoms in total. The fourth-order valence-corrected chi connectivity index (χ4v) is 6.43. The van der Waals surface area contributed by atoms with E-state index in [2.05, 4.69) is 18.3 Å². The van der Waals surface area contributed by atoms with Crippen molar-refractivity contribution in [3.05, 3.63) is 20.8 Å². The van der Waals surface area contributed by atoms with Crippen molar-refractivity contribution in [3.8, 4) is 0 Å². The van der Waals surface area contributed by atoms with Gasteiger partial charge in [0.1, 0.15) is 0 Å². The highest BCUT2D eigenvalue weighted by atomic mass is 35.5. The number of hydrogen-bond donors (Lipinski definition) is 1. The molecule has 1 N–H and O–H groups in total. The van der Waals surface area contributed by atoms with E-state index in [1.807, 2.05) is 0 Å². The molecule has 1 heterocycles. The molecule has 3 aliphatic carbocycles. The molecule has 0 radical (unpaired) electrons. The van der Waals surface area contributed by atoms with Gasteiger partial charge >= 0.3 is 0 Å². The second kappa shape index (κ2) is 5.30. The minimum absolute atomic E-state index is 0.552. The maximum absolute atomic E-state index is 6.22. The Morgan fingerprint density at radius 2 is 2.20 bits per heavy atom. The van der Waals surface area contributed by atoms with E-state index in [1.165, 1.54) is 55.4 Å². The lowest BCUT2D eigenvalue weighted by atomic mass is 9.83. The lowest BCUT2D eigenvalue weighted by molar-refractivity contribution is 0.239. The maximum Gasteiger partial charge on any atom is 0.0934 e. The molecule has 0 saturated heterocycles. The van der Waals surface area contributed by atoms with E-state index in [4.69, 9.17) is 11.6 Å². The zero-order chi connectivity index (χ0) is 13.7. The van der Waals surface area contributed by atoms with Gasteiger partial charge in [-0.3, -0.25) is 0 Å². The molecule has 0 amide bonds. The summed E-state index contributed by atoms with van der Waals surface area (Å²) >= 11 is 8.01. The molecule has 0 aliphatic heterocycles. The number of hydrogen-bond acceptors (Lipinski definition) is 2. The zero-order valence-corrected chi connectivity index (χ0v) is 13.8. The molecular weight excluding hydrogens is 286 g/mol. The summed E-state index contributed by atoms with van der Waals surface area (Å²) in [6.07, 6.45) is 9.80. The molecule has 0 aromatic carbocycles. The lowest BCUT2D eigenvalue weighted by Crippen LogP contribution is -2.39. The van der Waals surface area contributed by atoms with Gasteiger partial charge in [-0.05, 0) is 74.8 Å². The Bertz CT molecular complexity index is 497. The lowest BCUT2D eigenvalue weighted by Gasteiger charge is -2.33. The third kappa shape index (κ3) is 2.34. The second-order valence-corrected chi connectivity index (χ2v) is 8.94. The molecule has 3 heteroatoms. The predicted molar refractivity (Wildman–Crippen MR) is 86.5 cm³/mol. The van der Waals surface area contributed by atoms with Crippen LogP contribution in [0.5, 0.6) is 0 Å². The summed E-state index contributed by atoms with van der Waals surface area (Å²) in [5.41, 5.74) is 1.50. The molecule has 3 aliphatic rings. The molecular formula is C17H24ClNS. The van der Waals surface area contributed by atoms with Crippen molar-refractivity contribution in [3.63, 3.8) is 0 Å². The van der Waals surface area contributed by atoms with Crippen molar-refractivity contribution in [2.24, 2.45) is 17.8 Å². The Labute approximate surface area is 131 Å². The van der Waals surface area contributed by atoms with E-state index in [-0.39, 0.29) is 0 Å². The van der Waals surface area contributed by atoms with E-state index >= 15 is 0 Å². The Kier molecular flexibility index (Phi) is 3.60. The topological polar surface area (TPSA) is 12.0 Å². The molecule has 0 spiro atoms. The van der Waals surface area contributed by atoms with Crippen molar-refractivity contribution >= 4 is 22.9 Å². The van der Waals surface area contributed by atoms with Gasteiger partial charge in [-0.25, -0.2) is 0 Å². The van der Waals surface area contributed by atoms with Crippen molar-refractivity contribution in [1.82, 2.24) is 5.32 Å². The summed E-state index contributed by atoms with van der Waals surface area (Å²) in [5, 5.41) is 3.96. The number of thiophene rings is 1. The normalized spacial score (nSPS) is 37.1. The monoisotopic (exact) mass is 309 g/mol. The van der Waals surface area contributed by atoms with E-state index in [9.17, 15) is 0 Å². The van der Waals surface area contributed by atoms with Crippen LogP contribution in [-0.4, -0.2) is 6.04 Å². The average molecular weight is 310 g/mol. The van der Waals surface area contributed by atoms with Crippen LogP contribution in [0.3, 0.4) is 0 Å². The summed E-state index contributed by atoms with van der Waals surface area (Å²) < 4.78 is 0.969. The molecule has 5 atom stereocenters. The van der Waals surface area contributed by atoms with E-state index < -0.39 is 0 Å². The smallest absolute Gasteiger partial charge is 0.0934 e. The molecule has 110 valence electrons. The predicted octanol–water partition coefficient (Wildman–Crippen LogP) is 5.19. The first-order valence-corrected chi connectivity index (χ1v) is 9.44. The standard InChI is InChI=1S/C17H24ClNS/c1-10(13-8-11-5-6-12(13)7-11)19-15-3-2-4-16-14(15)9-17(18)20-16/h9-13,15,19H,2-8H2,1H3. The van der Waals surface area contributed by atoms with Crippen molar-refractivity contribution in [1.29, 1.82) is 0 Å². The van der Waals surface area contributed by atoms with Gasteiger partial charge in [0.15, 0.2) is 0 Å². The van der Waals surface area contributed by atoms with E-state index in [0.29, 0.717) is 12.1 Å². The second-order valence-electron chi connectivity index (χ2n) is 7.17. The summed E-state index contributed by atoms with van der Waals surface area (Å²) in [5.74, 6) is 2.98. The van der Waals surface area contributed by atoms with Gasteiger partial charge in [0.2, 0.25) is 0 Å². The van der Waals surface area contributed by atoms with Gasteiger partial charge in [0.05, 0.1) is 4.34 Å². The number of rotatable bonds is 3. The molecule has 5 unspecified atom stereocenters. The molecule has 1 aromatic heterocycles. The number of halogens is 1. The Hall–Kier alpha value is -0.0500. The van der Waals surface area contributed by atoms with E-state index in [0.717, 1.165) is 22.1 Å². The first-order chi connectivity index (χ1) is 9.70.